The Bertz CT molecular complexity index is 809. The molecule has 4 rings (SSSR count). The van der Waals surface area contributed by atoms with E-state index in [4.69, 9.17) is 4.74 Å². The second-order valence-corrected chi connectivity index (χ2v) is 6.89. The monoisotopic (exact) mass is 307 g/mol. The predicted octanol–water partition coefficient (Wildman–Crippen LogP) is 3.43. The quantitative estimate of drug-likeness (QED) is 0.751. The lowest BCUT2D eigenvalue weighted by atomic mass is 9.76. The van der Waals surface area contributed by atoms with Crippen LogP contribution in [0.5, 0.6) is 5.75 Å². The highest BCUT2D eigenvalue weighted by Crippen LogP contribution is 2.54. The van der Waals surface area contributed by atoms with Crippen molar-refractivity contribution in [3.05, 3.63) is 59.9 Å². The van der Waals surface area contributed by atoms with E-state index in [0.717, 1.165) is 18.0 Å². The summed E-state index contributed by atoms with van der Waals surface area (Å²) >= 11 is 0. The van der Waals surface area contributed by atoms with Crippen LogP contribution in [0.2, 0.25) is 0 Å². The van der Waals surface area contributed by atoms with Gasteiger partial charge in [0.1, 0.15) is 7.05 Å². The van der Waals surface area contributed by atoms with Crippen molar-refractivity contribution in [3.8, 4) is 5.75 Å². The zero-order valence-corrected chi connectivity index (χ0v) is 14.2. The number of anilines is 1. The summed E-state index contributed by atoms with van der Waals surface area (Å²) in [5.41, 5.74) is 3.11. The number of aromatic nitrogens is 1. The van der Waals surface area contributed by atoms with Crippen LogP contribution in [-0.4, -0.2) is 12.3 Å². The highest BCUT2D eigenvalue weighted by atomic mass is 16.5. The van der Waals surface area contributed by atoms with Gasteiger partial charge in [0.2, 0.25) is 11.4 Å². The van der Waals surface area contributed by atoms with Crippen LogP contribution < -0.4 is 14.2 Å². The van der Waals surface area contributed by atoms with Crippen LogP contribution in [0.3, 0.4) is 0 Å². The van der Waals surface area contributed by atoms with E-state index in [2.05, 4.69) is 86.0 Å². The standard InChI is InChI=1S/C20H23N2O/c1-5-22-16-10-7-6-9-15(16)19(2,3)20(22)13-12-17-18(23-20)11-8-14-21(17)4/h6-14H,5H2,1-4H3/q+1. The molecule has 1 aromatic heterocycles. The van der Waals surface area contributed by atoms with Gasteiger partial charge >= 0.3 is 0 Å². The number of nitrogens with zero attached hydrogens (tertiary/aromatic N) is 2. The Morgan fingerprint density at radius 3 is 2.70 bits per heavy atom. The maximum atomic E-state index is 6.68. The lowest BCUT2D eigenvalue weighted by Crippen LogP contribution is -2.60. The van der Waals surface area contributed by atoms with Gasteiger partial charge in [0.15, 0.2) is 11.9 Å². The second-order valence-electron chi connectivity index (χ2n) is 6.89. The van der Waals surface area contributed by atoms with Crippen molar-refractivity contribution in [2.45, 2.75) is 31.9 Å². The molecular formula is C20H23N2O+. The Kier molecular flexibility index (Phi) is 2.87. The number of pyridine rings is 1. The fraction of sp³-hybridized carbons (Fsp3) is 0.350. The smallest absolute Gasteiger partial charge is 0.247 e. The van der Waals surface area contributed by atoms with Crippen LogP contribution >= 0.6 is 0 Å². The molecule has 0 saturated carbocycles. The minimum Gasteiger partial charge on any atom is -0.456 e. The molecule has 3 nitrogen and oxygen atoms in total. The molecule has 3 heteroatoms. The molecule has 0 radical (unpaired) electrons. The molecule has 1 aromatic carbocycles. The van der Waals surface area contributed by atoms with Crippen LogP contribution in [0, 0.1) is 0 Å². The molecule has 0 aliphatic carbocycles. The van der Waals surface area contributed by atoms with Gasteiger partial charge in [-0.2, -0.15) is 4.57 Å². The number of fused-ring (bicyclic) bond motifs is 2. The van der Waals surface area contributed by atoms with E-state index >= 15 is 0 Å². The number of benzene rings is 1. The Hall–Kier alpha value is -2.29. The van der Waals surface area contributed by atoms with Crippen molar-refractivity contribution in [2.24, 2.45) is 7.05 Å². The molecule has 1 spiro atoms. The van der Waals surface area contributed by atoms with Crippen LogP contribution in [-0.2, 0) is 12.5 Å². The normalized spacial score (nSPS) is 23.6. The Balaban J connectivity index is 1.93. The van der Waals surface area contributed by atoms with Gasteiger partial charge in [0, 0.05) is 24.4 Å². The lowest BCUT2D eigenvalue weighted by Gasteiger charge is -2.46. The fourth-order valence-corrected chi connectivity index (χ4v) is 4.11. The molecule has 118 valence electrons. The third kappa shape index (κ3) is 1.68. The topological polar surface area (TPSA) is 16.4 Å². The first-order valence-electron chi connectivity index (χ1n) is 8.25. The number of likely N-dealkylation sites (N-methyl/N-ethyl adjacent to an activating group) is 1. The van der Waals surface area contributed by atoms with Crippen molar-refractivity contribution in [1.29, 1.82) is 0 Å². The Labute approximate surface area is 137 Å². The van der Waals surface area contributed by atoms with E-state index in [1.54, 1.807) is 0 Å². The Morgan fingerprint density at radius 1 is 1.13 bits per heavy atom. The molecule has 2 aliphatic rings. The van der Waals surface area contributed by atoms with Crippen molar-refractivity contribution in [2.75, 3.05) is 11.4 Å². The fourth-order valence-electron chi connectivity index (χ4n) is 4.11. The molecule has 0 amide bonds. The van der Waals surface area contributed by atoms with Crippen LogP contribution in [0.4, 0.5) is 5.69 Å². The molecule has 0 N–H and O–H groups in total. The minimum absolute atomic E-state index is 0.137. The highest BCUT2D eigenvalue weighted by Gasteiger charge is 2.58. The third-order valence-corrected chi connectivity index (χ3v) is 5.40. The van der Waals surface area contributed by atoms with E-state index in [1.165, 1.54) is 11.3 Å². The van der Waals surface area contributed by atoms with Gasteiger partial charge in [-0.25, -0.2) is 0 Å². The van der Waals surface area contributed by atoms with Crippen LogP contribution in [0.1, 0.15) is 32.0 Å². The SMILES string of the molecule is CCN1c2ccccc2C(C)(C)C12C=Cc1c(ccc[n+]1C)O2. The summed E-state index contributed by atoms with van der Waals surface area (Å²) in [6.07, 6.45) is 6.49. The number of rotatable bonds is 1. The average Bonchev–Trinajstić information content (AvgIpc) is 2.72. The molecule has 23 heavy (non-hydrogen) atoms. The maximum absolute atomic E-state index is 6.68. The molecule has 0 bridgehead atoms. The van der Waals surface area contributed by atoms with Gasteiger partial charge in [-0.1, -0.05) is 18.2 Å². The van der Waals surface area contributed by atoms with Crippen molar-refractivity contribution in [1.82, 2.24) is 0 Å². The van der Waals surface area contributed by atoms with E-state index in [0.29, 0.717) is 0 Å². The van der Waals surface area contributed by atoms with E-state index in [9.17, 15) is 0 Å². The summed E-state index contributed by atoms with van der Waals surface area (Å²) in [6.45, 7) is 7.65. The molecule has 0 saturated heterocycles. The van der Waals surface area contributed by atoms with Gasteiger partial charge in [-0.15, -0.1) is 0 Å². The molecule has 1 atom stereocenters. The first-order chi connectivity index (χ1) is 11.0. The van der Waals surface area contributed by atoms with Gasteiger partial charge < -0.3 is 9.64 Å². The zero-order valence-electron chi connectivity index (χ0n) is 14.2. The minimum atomic E-state index is -0.479. The van der Waals surface area contributed by atoms with Gasteiger partial charge in [0.25, 0.3) is 0 Å². The van der Waals surface area contributed by atoms with Crippen molar-refractivity contribution < 1.29 is 9.30 Å². The lowest BCUT2D eigenvalue weighted by molar-refractivity contribution is -0.673. The number of hydrogen-bond donors (Lipinski definition) is 0. The Morgan fingerprint density at radius 2 is 1.91 bits per heavy atom. The summed E-state index contributed by atoms with van der Waals surface area (Å²) in [5, 5.41) is 0. The highest BCUT2D eigenvalue weighted by molar-refractivity contribution is 5.70. The number of ether oxygens (including phenoxy) is 1. The summed E-state index contributed by atoms with van der Waals surface area (Å²) in [6, 6.07) is 12.8. The maximum Gasteiger partial charge on any atom is 0.247 e. The molecule has 2 aliphatic heterocycles. The summed E-state index contributed by atoms with van der Waals surface area (Å²) in [7, 11) is 2.05. The third-order valence-electron chi connectivity index (χ3n) is 5.40. The van der Waals surface area contributed by atoms with E-state index in [1.807, 2.05) is 6.07 Å². The van der Waals surface area contributed by atoms with Crippen LogP contribution in [0.25, 0.3) is 6.08 Å². The van der Waals surface area contributed by atoms with Crippen molar-refractivity contribution in [3.63, 3.8) is 0 Å². The van der Waals surface area contributed by atoms with E-state index < -0.39 is 5.72 Å². The first kappa shape index (κ1) is 14.3. The average molecular weight is 307 g/mol. The summed E-state index contributed by atoms with van der Waals surface area (Å²) in [4.78, 5) is 2.38. The molecule has 3 heterocycles. The van der Waals surface area contributed by atoms with Crippen LogP contribution in [0.15, 0.2) is 48.7 Å². The second kappa shape index (κ2) is 4.60. The predicted molar refractivity (Wildman–Crippen MR) is 92.5 cm³/mol. The molecule has 2 aromatic rings. The van der Waals surface area contributed by atoms with Crippen molar-refractivity contribution >= 4 is 11.8 Å². The summed E-state index contributed by atoms with van der Waals surface area (Å²) < 4.78 is 8.78. The van der Waals surface area contributed by atoms with E-state index in [-0.39, 0.29) is 5.41 Å². The zero-order chi connectivity index (χ0) is 16.2. The van der Waals surface area contributed by atoms with Gasteiger partial charge in [-0.05, 0) is 44.5 Å². The number of para-hydroxylation sites is 1. The molecule has 0 fully saturated rings. The molecule has 1 unspecified atom stereocenters. The largest absolute Gasteiger partial charge is 0.456 e. The number of hydrogen-bond acceptors (Lipinski definition) is 2. The number of aryl methyl sites for hydroxylation is 1. The van der Waals surface area contributed by atoms with Gasteiger partial charge in [-0.3, -0.25) is 0 Å². The first-order valence-corrected chi connectivity index (χ1v) is 8.25. The van der Waals surface area contributed by atoms with Gasteiger partial charge in [0.05, 0.1) is 5.41 Å². The molecular weight excluding hydrogens is 284 g/mol. The summed E-state index contributed by atoms with van der Waals surface area (Å²) in [5.74, 6) is 0.942.